The maximum Gasteiger partial charge on any atom is 0.221 e. The van der Waals surface area contributed by atoms with Gasteiger partial charge in [-0.05, 0) is 26.0 Å². The molecule has 0 radical (unpaired) electrons. The van der Waals surface area contributed by atoms with E-state index in [4.69, 9.17) is 4.74 Å². The van der Waals surface area contributed by atoms with Crippen molar-refractivity contribution in [2.75, 3.05) is 19.5 Å². The summed E-state index contributed by atoms with van der Waals surface area (Å²) < 4.78 is 29.0. The van der Waals surface area contributed by atoms with Gasteiger partial charge in [0.25, 0.3) is 0 Å². The Labute approximate surface area is 120 Å². The van der Waals surface area contributed by atoms with Crippen LogP contribution in [-0.4, -0.2) is 39.8 Å². The fraction of sp³-hybridized carbons (Fsp3) is 0.500. The highest BCUT2D eigenvalue weighted by atomic mass is 32.2. The van der Waals surface area contributed by atoms with Crippen LogP contribution in [0, 0.1) is 6.92 Å². The van der Waals surface area contributed by atoms with Crippen LogP contribution >= 0.6 is 0 Å². The van der Waals surface area contributed by atoms with Gasteiger partial charge in [0.15, 0.2) is 9.84 Å². The summed E-state index contributed by atoms with van der Waals surface area (Å²) >= 11 is 0. The molecular weight excluding hydrogens is 278 g/mol. The average Bonchev–Trinajstić information content (AvgIpc) is 2.37. The van der Waals surface area contributed by atoms with Crippen molar-refractivity contribution in [2.24, 2.45) is 0 Å². The zero-order valence-electron chi connectivity index (χ0n) is 12.0. The van der Waals surface area contributed by atoms with E-state index in [0.717, 1.165) is 5.56 Å². The Bertz CT molecular complexity index is 537. The predicted molar refractivity (Wildman–Crippen MR) is 77.3 cm³/mol. The van der Waals surface area contributed by atoms with E-state index >= 15 is 0 Å². The molecule has 1 aromatic rings. The number of aryl methyl sites for hydroxylation is 1. The third-order valence-electron chi connectivity index (χ3n) is 2.80. The van der Waals surface area contributed by atoms with Crippen molar-refractivity contribution in [3.8, 4) is 0 Å². The van der Waals surface area contributed by atoms with Crippen LogP contribution in [0.25, 0.3) is 0 Å². The molecule has 0 bridgehead atoms. The largest absolute Gasteiger partial charge is 0.383 e. The molecule has 0 aromatic heterocycles. The van der Waals surface area contributed by atoms with Crippen molar-refractivity contribution in [3.63, 3.8) is 0 Å². The van der Waals surface area contributed by atoms with Crippen LogP contribution in [0.2, 0.25) is 0 Å². The second-order valence-electron chi connectivity index (χ2n) is 4.81. The van der Waals surface area contributed by atoms with Crippen molar-refractivity contribution in [1.29, 1.82) is 0 Å². The minimum Gasteiger partial charge on any atom is -0.383 e. The van der Waals surface area contributed by atoms with Crippen LogP contribution < -0.4 is 5.32 Å². The molecule has 112 valence electrons. The summed E-state index contributed by atoms with van der Waals surface area (Å²) in [6.07, 6.45) is -0.0513. The first-order valence-electron chi connectivity index (χ1n) is 6.43. The molecule has 0 saturated carbocycles. The van der Waals surface area contributed by atoms with Gasteiger partial charge in [0.05, 0.1) is 17.3 Å². The Kier molecular flexibility index (Phi) is 6.16. The summed E-state index contributed by atoms with van der Waals surface area (Å²) in [6.45, 7) is 4.09. The van der Waals surface area contributed by atoms with Gasteiger partial charge in [0.2, 0.25) is 5.91 Å². The second kappa shape index (κ2) is 7.40. The molecular formula is C14H21NO4S. The molecule has 1 rings (SSSR count). The molecule has 6 heteroatoms. The van der Waals surface area contributed by atoms with Crippen LogP contribution in [0.15, 0.2) is 29.2 Å². The number of amides is 1. The molecule has 1 amide bonds. The average molecular weight is 299 g/mol. The van der Waals surface area contributed by atoms with Gasteiger partial charge in [-0.1, -0.05) is 17.7 Å². The molecule has 1 atom stereocenters. The van der Waals surface area contributed by atoms with E-state index in [1.807, 2.05) is 6.92 Å². The molecule has 0 heterocycles. The Morgan fingerprint density at radius 2 is 1.90 bits per heavy atom. The van der Waals surface area contributed by atoms with E-state index in [1.54, 1.807) is 38.3 Å². The van der Waals surface area contributed by atoms with Crippen molar-refractivity contribution in [1.82, 2.24) is 5.32 Å². The Morgan fingerprint density at radius 1 is 1.30 bits per heavy atom. The number of carbonyl (C=O) groups is 1. The Balaban J connectivity index is 2.55. The van der Waals surface area contributed by atoms with Crippen molar-refractivity contribution in [3.05, 3.63) is 29.8 Å². The van der Waals surface area contributed by atoms with Gasteiger partial charge in [0, 0.05) is 19.6 Å². The highest BCUT2D eigenvalue weighted by Gasteiger charge is 2.17. The minimum absolute atomic E-state index is 0.0513. The van der Waals surface area contributed by atoms with Crippen LogP contribution in [0.1, 0.15) is 18.9 Å². The summed E-state index contributed by atoms with van der Waals surface area (Å²) in [4.78, 5) is 11.9. The second-order valence-corrected chi connectivity index (χ2v) is 6.91. The number of benzene rings is 1. The number of sulfone groups is 1. The van der Waals surface area contributed by atoms with Crippen LogP contribution in [-0.2, 0) is 19.4 Å². The molecule has 0 fully saturated rings. The monoisotopic (exact) mass is 299 g/mol. The van der Waals surface area contributed by atoms with E-state index in [1.165, 1.54) is 0 Å². The molecule has 0 saturated heterocycles. The maximum atomic E-state index is 12.1. The van der Waals surface area contributed by atoms with Crippen LogP contribution in [0.3, 0.4) is 0 Å². The topological polar surface area (TPSA) is 72.5 Å². The lowest BCUT2D eigenvalue weighted by atomic mass is 10.2. The zero-order chi connectivity index (χ0) is 15.2. The third kappa shape index (κ3) is 5.30. The zero-order valence-corrected chi connectivity index (χ0v) is 12.9. The molecule has 0 aliphatic heterocycles. The first kappa shape index (κ1) is 16.7. The van der Waals surface area contributed by atoms with E-state index in [9.17, 15) is 13.2 Å². The van der Waals surface area contributed by atoms with E-state index in [0.29, 0.717) is 6.61 Å². The lowest BCUT2D eigenvalue weighted by molar-refractivity contribution is -0.121. The van der Waals surface area contributed by atoms with Crippen LogP contribution in [0.4, 0.5) is 0 Å². The lowest BCUT2D eigenvalue weighted by Gasteiger charge is -2.12. The summed E-state index contributed by atoms with van der Waals surface area (Å²) in [6, 6.07) is 6.49. The number of hydrogen-bond acceptors (Lipinski definition) is 4. The first-order valence-corrected chi connectivity index (χ1v) is 8.08. The molecule has 1 N–H and O–H groups in total. The summed E-state index contributed by atoms with van der Waals surface area (Å²) in [5.74, 6) is -0.480. The highest BCUT2D eigenvalue weighted by Crippen LogP contribution is 2.13. The normalized spacial score (nSPS) is 12.9. The molecule has 1 unspecified atom stereocenters. The van der Waals surface area contributed by atoms with Gasteiger partial charge in [0.1, 0.15) is 0 Å². The van der Waals surface area contributed by atoms with Gasteiger partial charge >= 0.3 is 0 Å². The lowest BCUT2D eigenvalue weighted by Crippen LogP contribution is -2.36. The smallest absolute Gasteiger partial charge is 0.221 e. The number of nitrogens with one attached hydrogen (secondary N) is 1. The molecule has 0 aliphatic rings. The predicted octanol–water partition coefficient (Wildman–Crippen LogP) is 1.31. The molecule has 0 aliphatic carbocycles. The number of rotatable bonds is 7. The molecule has 20 heavy (non-hydrogen) atoms. The summed E-state index contributed by atoms with van der Waals surface area (Å²) in [7, 11) is -1.87. The van der Waals surface area contributed by atoms with Gasteiger partial charge in [-0.3, -0.25) is 4.79 Å². The Morgan fingerprint density at radius 3 is 2.45 bits per heavy atom. The van der Waals surface area contributed by atoms with Crippen molar-refractivity contribution < 1.29 is 17.9 Å². The molecule has 1 aromatic carbocycles. The van der Waals surface area contributed by atoms with E-state index in [-0.39, 0.29) is 29.0 Å². The first-order chi connectivity index (χ1) is 9.35. The Hall–Kier alpha value is -1.40. The van der Waals surface area contributed by atoms with E-state index < -0.39 is 9.84 Å². The van der Waals surface area contributed by atoms with Crippen molar-refractivity contribution >= 4 is 15.7 Å². The molecule has 0 spiro atoms. The number of ether oxygens (including phenoxy) is 1. The highest BCUT2D eigenvalue weighted by molar-refractivity contribution is 7.91. The summed E-state index contributed by atoms with van der Waals surface area (Å²) in [5, 5.41) is 2.69. The standard InChI is InChI=1S/C14H21NO4S/c1-11-4-6-13(7-5-11)20(17,18)9-8-14(16)15-12(2)10-19-3/h4-7,12H,8-10H2,1-3H3,(H,15,16). The fourth-order valence-corrected chi connectivity index (χ4v) is 2.97. The number of methoxy groups -OCH3 is 1. The van der Waals surface area contributed by atoms with Gasteiger partial charge in [-0.2, -0.15) is 0 Å². The quantitative estimate of drug-likeness (QED) is 0.824. The van der Waals surface area contributed by atoms with Crippen molar-refractivity contribution in [2.45, 2.75) is 31.2 Å². The fourth-order valence-electron chi connectivity index (χ4n) is 1.73. The van der Waals surface area contributed by atoms with Crippen LogP contribution in [0.5, 0.6) is 0 Å². The van der Waals surface area contributed by atoms with Gasteiger partial charge in [-0.15, -0.1) is 0 Å². The molecule has 5 nitrogen and oxygen atoms in total. The van der Waals surface area contributed by atoms with E-state index in [2.05, 4.69) is 5.32 Å². The maximum absolute atomic E-state index is 12.1. The summed E-state index contributed by atoms with van der Waals surface area (Å²) in [5.41, 5.74) is 0.995. The number of hydrogen-bond donors (Lipinski definition) is 1. The third-order valence-corrected chi connectivity index (χ3v) is 4.53. The SMILES string of the molecule is COCC(C)NC(=O)CCS(=O)(=O)c1ccc(C)cc1. The van der Waals surface area contributed by atoms with Gasteiger partial charge < -0.3 is 10.1 Å². The van der Waals surface area contributed by atoms with Gasteiger partial charge in [-0.25, -0.2) is 8.42 Å². The minimum atomic E-state index is -3.41. The number of carbonyl (C=O) groups excluding carboxylic acids is 1.